The Kier molecular flexibility index (Phi) is 6.80. The Bertz CT molecular complexity index is 356. The summed E-state index contributed by atoms with van der Waals surface area (Å²) in [4.78, 5) is 0. The summed E-state index contributed by atoms with van der Waals surface area (Å²) in [5.74, 6) is 2.05. The molecule has 102 valence electrons. The summed E-state index contributed by atoms with van der Waals surface area (Å²) in [6.45, 7) is 5.00. The molecule has 0 heterocycles. The molecule has 0 unspecified atom stereocenters. The minimum Gasteiger partial charge on any atom is -0.491 e. The van der Waals surface area contributed by atoms with Crippen LogP contribution in [-0.2, 0) is 0 Å². The lowest BCUT2D eigenvalue weighted by molar-refractivity contribution is 0.242. The van der Waals surface area contributed by atoms with Crippen molar-refractivity contribution >= 4 is 23.1 Å². The number of ether oxygens (including phenoxy) is 1. The van der Waals surface area contributed by atoms with E-state index in [-0.39, 0.29) is 6.10 Å². The van der Waals surface area contributed by atoms with Crippen LogP contribution in [-0.4, -0.2) is 24.7 Å². The lowest BCUT2D eigenvalue weighted by Gasteiger charge is -2.13. The first-order chi connectivity index (χ1) is 8.61. The number of hydrogen-bond acceptors (Lipinski definition) is 4. The zero-order chi connectivity index (χ0) is 13.4. The van der Waals surface area contributed by atoms with Gasteiger partial charge in [-0.3, -0.25) is 0 Å². The number of nitrogens with one attached hydrogen (secondary N) is 1. The summed E-state index contributed by atoms with van der Waals surface area (Å²) in [6, 6.07) is 5.81. The second kappa shape index (κ2) is 8.14. The molecular weight excluding hydrogens is 244 g/mol. The van der Waals surface area contributed by atoms with Gasteiger partial charge in [0.15, 0.2) is 0 Å². The van der Waals surface area contributed by atoms with Gasteiger partial charge in [-0.25, -0.2) is 0 Å². The van der Waals surface area contributed by atoms with Crippen molar-refractivity contribution in [2.45, 2.75) is 32.8 Å². The number of unbranched alkanes of at least 4 members (excludes halogenated alkanes) is 1. The maximum Gasteiger partial charge on any atom is 0.123 e. The van der Waals surface area contributed by atoms with Crippen molar-refractivity contribution in [3.05, 3.63) is 18.2 Å². The Morgan fingerprint density at radius 1 is 1.28 bits per heavy atom. The van der Waals surface area contributed by atoms with E-state index in [4.69, 9.17) is 10.5 Å². The van der Waals surface area contributed by atoms with Gasteiger partial charge in [0.25, 0.3) is 0 Å². The largest absolute Gasteiger partial charge is 0.491 e. The van der Waals surface area contributed by atoms with Gasteiger partial charge >= 0.3 is 0 Å². The van der Waals surface area contributed by atoms with Gasteiger partial charge in [0.2, 0.25) is 0 Å². The smallest absolute Gasteiger partial charge is 0.123 e. The molecule has 0 saturated carbocycles. The molecule has 0 amide bonds. The van der Waals surface area contributed by atoms with Crippen LogP contribution in [0.4, 0.5) is 11.4 Å². The van der Waals surface area contributed by atoms with E-state index >= 15 is 0 Å². The molecule has 0 fully saturated rings. The fraction of sp³-hybridized carbons (Fsp3) is 0.571. The van der Waals surface area contributed by atoms with Crippen molar-refractivity contribution in [2.75, 3.05) is 29.6 Å². The van der Waals surface area contributed by atoms with Crippen LogP contribution in [0.3, 0.4) is 0 Å². The van der Waals surface area contributed by atoms with E-state index in [1.54, 1.807) is 0 Å². The molecule has 0 saturated heterocycles. The van der Waals surface area contributed by atoms with Crippen LogP contribution in [0.15, 0.2) is 18.2 Å². The monoisotopic (exact) mass is 268 g/mol. The second-order valence-electron chi connectivity index (χ2n) is 4.58. The minimum absolute atomic E-state index is 0.168. The van der Waals surface area contributed by atoms with Crippen LogP contribution in [0.2, 0.25) is 0 Å². The molecule has 1 aromatic rings. The molecule has 0 aromatic heterocycles. The van der Waals surface area contributed by atoms with E-state index in [9.17, 15) is 0 Å². The molecule has 0 aliphatic heterocycles. The zero-order valence-electron chi connectivity index (χ0n) is 11.5. The molecule has 0 atom stereocenters. The lowest BCUT2D eigenvalue weighted by Crippen LogP contribution is -2.07. The Labute approximate surface area is 114 Å². The molecular formula is C14H24N2OS. The van der Waals surface area contributed by atoms with Gasteiger partial charge in [-0.1, -0.05) is 0 Å². The molecule has 1 rings (SSSR count). The van der Waals surface area contributed by atoms with Gasteiger partial charge < -0.3 is 15.8 Å². The van der Waals surface area contributed by atoms with Gasteiger partial charge in [0.1, 0.15) is 5.75 Å². The van der Waals surface area contributed by atoms with Crippen LogP contribution in [0.25, 0.3) is 0 Å². The summed E-state index contributed by atoms with van der Waals surface area (Å²) in [7, 11) is 0. The van der Waals surface area contributed by atoms with Crippen molar-refractivity contribution < 1.29 is 4.74 Å². The molecule has 0 radical (unpaired) electrons. The van der Waals surface area contributed by atoms with Gasteiger partial charge in [-0.05, 0) is 44.8 Å². The topological polar surface area (TPSA) is 47.3 Å². The van der Waals surface area contributed by atoms with Crippen molar-refractivity contribution in [1.29, 1.82) is 0 Å². The summed E-state index contributed by atoms with van der Waals surface area (Å²) in [5.41, 5.74) is 7.64. The van der Waals surface area contributed by atoms with E-state index in [1.807, 2.05) is 43.8 Å². The molecule has 1 aromatic carbocycles. The molecule has 0 bridgehead atoms. The maximum atomic E-state index is 5.86. The third-order valence-corrected chi connectivity index (χ3v) is 3.10. The van der Waals surface area contributed by atoms with Crippen LogP contribution >= 0.6 is 11.8 Å². The maximum absolute atomic E-state index is 5.86. The van der Waals surface area contributed by atoms with Crippen LogP contribution < -0.4 is 15.8 Å². The predicted octanol–water partition coefficient (Wildman–Crippen LogP) is 3.61. The van der Waals surface area contributed by atoms with E-state index in [0.29, 0.717) is 0 Å². The summed E-state index contributed by atoms with van der Waals surface area (Å²) in [5, 5.41) is 3.39. The molecule has 4 heteroatoms. The second-order valence-corrected chi connectivity index (χ2v) is 5.57. The summed E-state index contributed by atoms with van der Waals surface area (Å²) < 4.78 is 5.66. The van der Waals surface area contributed by atoms with Gasteiger partial charge in [-0.15, -0.1) is 0 Å². The van der Waals surface area contributed by atoms with E-state index in [1.165, 1.54) is 18.6 Å². The van der Waals surface area contributed by atoms with Crippen LogP contribution in [0, 0.1) is 0 Å². The van der Waals surface area contributed by atoms with Crippen molar-refractivity contribution in [3.8, 4) is 5.75 Å². The summed E-state index contributed by atoms with van der Waals surface area (Å²) in [6.07, 6.45) is 4.73. The first-order valence-corrected chi connectivity index (χ1v) is 7.81. The fourth-order valence-electron chi connectivity index (χ4n) is 1.67. The van der Waals surface area contributed by atoms with E-state index in [0.717, 1.165) is 23.7 Å². The summed E-state index contributed by atoms with van der Waals surface area (Å²) >= 11 is 1.89. The standard InChI is InChI=1S/C14H24N2OS/c1-11(2)17-14-9-12(15)8-13(10-14)16-6-4-5-7-18-3/h8-11,16H,4-7,15H2,1-3H3. The number of thioether (sulfide) groups is 1. The number of hydrogen-bond donors (Lipinski definition) is 2. The van der Waals surface area contributed by atoms with Crippen molar-refractivity contribution in [1.82, 2.24) is 0 Å². The Morgan fingerprint density at radius 2 is 2.06 bits per heavy atom. The quantitative estimate of drug-likeness (QED) is 0.558. The average molecular weight is 268 g/mol. The fourth-order valence-corrected chi connectivity index (χ4v) is 2.16. The van der Waals surface area contributed by atoms with Gasteiger partial charge in [0.05, 0.1) is 6.10 Å². The van der Waals surface area contributed by atoms with Gasteiger partial charge in [0, 0.05) is 30.1 Å². The first-order valence-electron chi connectivity index (χ1n) is 6.42. The van der Waals surface area contributed by atoms with Crippen molar-refractivity contribution in [3.63, 3.8) is 0 Å². The molecule has 3 N–H and O–H groups in total. The highest BCUT2D eigenvalue weighted by atomic mass is 32.2. The number of rotatable bonds is 8. The predicted molar refractivity (Wildman–Crippen MR) is 82.7 cm³/mol. The van der Waals surface area contributed by atoms with Crippen molar-refractivity contribution in [2.24, 2.45) is 0 Å². The molecule has 3 nitrogen and oxygen atoms in total. The molecule has 0 spiro atoms. The molecule has 18 heavy (non-hydrogen) atoms. The van der Waals surface area contributed by atoms with Gasteiger partial charge in [-0.2, -0.15) is 11.8 Å². The highest BCUT2D eigenvalue weighted by molar-refractivity contribution is 7.98. The zero-order valence-corrected chi connectivity index (χ0v) is 12.3. The average Bonchev–Trinajstić information content (AvgIpc) is 2.27. The number of benzene rings is 1. The number of nitrogens with two attached hydrogens (primary N) is 1. The third-order valence-electron chi connectivity index (χ3n) is 2.41. The Balaban J connectivity index is 2.46. The van der Waals surface area contributed by atoms with Crippen LogP contribution in [0.5, 0.6) is 5.75 Å². The van der Waals surface area contributed by atoms with Crippen LogP contribution in [0.1, 0.15) is 26.7 Å². The van der Waals surface area contributed by atoms with E-state index in [2.05, 4.69) is 11.6 Å². The first kappa shape index (κ1) is 15.0. The molecule has 0 aliphatic carbocycles. The highest BCUT2D eigenvalue weighted by Crippen LogP contribution is 2.23. The number of anilines is 2. The minimum atomic E-state index is 0.168. The highest BCUT2D eigenvalue weighted by Gasteiger charge is 2.02. The Hall–Kier alpha value is -1.03. The third kappa shape index (κ3) is 6.05. The molecule has 0 aliphatic rings. The van der Waals surface area contributed by atoms with E-state index < -0.39 is 0 Å². The Morgan fingerprint density at radius 3 is 2.72 bits per heavy atom. The number of nitrogen functional groups attached to an aromatic ring is 1. The SMILES string of the molecule is CSCCCCNc1cc(N)cc(OC(C)C)c1. The lowest BCUT2D eigenvalue weighted by atomic mass is 10.2. The normalized spacial score (nSPS) is 10.7.